The number of piperidine rings is 2. The molecule has 0 aliphatic carbocycles. The van der Waals surface area contributed by atoms with Crippen LogP contribution in [0.5, 0.6) is 5.75 Å². The summed E-state index contributed by atoms with van der Waals surface area (Å²) < 4.78 is 5.68. The average molecular weight is 316 g/mol. The number of amides is 1. The zero-order valence-corrected chi connectivity index (χ0v) is 14.1. The molecule has 4 nitrogen and oxygen atoms in total. The summed E-state index contributed by atoms with van der Waals surface area (Å²) >= 11 is 0. The molecule has 0 bridgehead atoms. The van der Waals surface area contributed by atoms with Crippen molar-refractivity contribution in [2.45, 2.75) is 38.5 Å². The number of ether oxygens (including phenoxy) is 1. The van der Waals surface area contributed by atoms with Gasteiger partial charge in [-0.25, -0.2) is 0 Å². The van der Waals surface area contributed by atoms with Gasteiger partial charge in [0.1, 0.15) is 5.75 Å². The smallest absolute Gasteiger partial charge is 0.260 e. The van der Waals surface area contributed by atoms with Gasteiger partial charge < -0.3 is 15.0 Å². The van der Waals surface area contributed by atoms with E-state index >= 15 is 0 Å². The summed E-state index contributed by atoms with van der Waals surface area (Å²) in [6, 6.07) is 8.27. The first-order chi connectivity index (χ1) is 11.2. The van der Waals surface area contributed by atoms with E-state index in [1.807, 2.05) is 17.0 Å². The highest BCUT2D eigenvalue weighted by Crippen LogP contribution is 2.25. The van der Waals surface area contributed by atoms with E-state index in [-0.39, 0.29) is 12.5 Å². The molecule has 0 saturated carbocycles. The molecule has 2 aliphatic heterocycles. The molecule has 1 aromatic carbocycles. The molecule has 0 radical (unpaired) electrons. The highest BCUT2D eigenvalue weighted by molar-refractivity contribution is 5.77. The minimum Gasteiger partial charge on any atom is -0.484 e. The lowest BCUT2D eigenvalue weighted by atomic mass is 9.92. The van der Waals surface area contributed by atoms with Crippen LogP contribution in [0.4, 0.5) is 0 Å². The van der Waals surface area contributed by atoms with Gasteiger partial charge in [0.15, 0.2) is 6.61 Å². The predicted molar refractivity (Wildman–Crippen MR) is 91.8 cm³/mol. The lowest BCUT2D eigenvalue weighted by molar-refractivity contribution is -0.134. The standard InChI is InChI=1S/C19H28N2O2/c1-15-8-11-21(12-9-15)19(22)14-23-18-6-4-16(5-7-18)17-3-2-10-20-13-17/h4-7,15,17,20H,2-3,8-14H2,1H3. The number of carbonyl (C=O) groups excluding carboxylic acids is 1. The van der Waals surface area contributed by atoms with Crippen molar-refractivity contribution in [2.75, 3.05) is 32.8 Å². The van der Waals surface area contributed by atoms with Crippen LogP contribution in [-0.4, -0.2) is 43.6 Å². The van der Waals surface area contributed by atoms with Gasteiger partial charge in [-0.3, -0.25) is 4.79 Å². The molecule has 3 rings (SSSR count). The Kier molecular flexibility index (Phi) is 5.55. The Bertz CT molecular complexity index is 501. The molecule has 2 fully saturated rings. The van der Waals surface area contributed by atoms with E-state index in [4.69, 9.17) is 4.74 Å². The summed E-state index contributed by atoms with van der Waals surface area (Å²) in [4.78, 5) is 14.1. The number of hydrogen-bond donors (Lipinski definition) is 1. The fourth-order valence-corrected chi connectivity index (χ4v) is 3.47. The van der Waals surface area contributed by atoms with E-state index in [1.54, 1.807) is 0 Å². The van der Waals surface area contributed by atoms with Crippen molar-refractivity contribution < 1.29 is 9.53 Å². The van der Waals surface area contributed by atoms with Crippen molar-refractivity contribution in [3.05, 3.63) is 29.8 Å². The van der Waals surface area contributed by atoms with Gasteiger partial charge in [0.2, 0.25) is 0 Å². The van der Waals surface area contributed by atoms with Gasteiger partial charge >= 0.3 is 0 Å². The molecular formula is C19H28N2O2. The normalized spacial score (nSPS) is 22.8. The van der Waals surface area contributed by atoms with E-state index < -0.39 is 0 Å². The van der Waals surface area contributed by atoms with Gasteiger partial charge in [0.25, 0.3) is 5.91 Å². The second kappa shape index (κ2) is 7.82. The molecule has 2 heterocycles. The van der Waals surface area contributed by atoms with Crippen molar-refractivity contribution >= 4 is 5.91 Å². The first-order valence-electron chi connectivity index (χ1n) is 8.93. The maximum absolute atomic E-state index is 12.2. The van der Waals surface area contributed by atoms with Crippen molar-refractivity contribution in [2.24, 2.45) is 5.92 Å². The van der Waals surface area contributed by atoms with E-state index in [0.29, 0.717) is 5.92 Å². The van der Waals surface area contributed by atoms with Gasteiger partial charge in [-0.15, -0.1) is 0 Å². The summed E-state index contributed by atoms with van der Waals surface area (Å²) in [5, 5.41) is 3.45. The zero-order valence-electron chi connectivity index (χ0n) is 14.1. The molecule has 1 atom stereocenters. The zero-order chi connectivity index (χ0) is 16.1. The van der Waals surface area contributed by atoms with Crippen LogP contribution >= 0.6 is 0 Å². The molecule has 1 amide bonds. The Hall–Kier alpha value is -1.55. The number of hydrogen-bond acceptors (Lipinski definition) is 3. The molecule has 1 aromatic rings. The number of nitrogens with one attached hydrogen (secondary N) is 1. The number of likely N-dealkylation sites (tertiary alicyclic amines) is 1. The summed E-state index contributed by atoms with van der Waals surface area (Å²) in [5.74, 6) is 2.24. The number of carbonyl (C=O) groups is 1. The van der Waals surface area contributed by atoms with Gasteiger partial charge in [-0.05, 0) is 61.8 Å². The minimum absolute atomic E-state index is 0.109. The number of rotatable bonds is 4. The van der Waals surface area contributed by atoms with Crippen LogP contribution in [0.3, 0.4) is 0 Å². The summed E-state index contributed by atoms with van der Waals surface area (Å²) in [6.07, 6.45) is 4.71. The Labute approximate surface area is 139 Å². The van der Waals surface area contributed by atoms with Crippen LogP contribution in [0.1, 0.15) is 44.1 Å². The molecule has 126 valence electrons. The number of nitrogens with zero attached hydrogens (tertiary/aromatic N) is 1. The van der Waals surface area contributed by atoms with Gasteiger partial charge in [0.05, 0.1) is 0 Å². The molecule has 23 heavy (non-hydrogen) atoms. The molecule has 1 N–H and O–H groups in total. The minimum atomic E-state index is 0.109. The van der Waals surface area contributed by atoms with Gasteiger partial charge in [-0.1, -0.05) is 19.1 Å². The number of benzene rings is 1. The van der Waals surface area contributed by atoms with Crippen LogP contribution in [0.2, 0.25) is 0 Å². The van der Waals surface area contributed by atoms with Crippen LogP contribution in [-0.2, 0) is 4.79 Å². The molecule has 0 spiro atoms. The van der Waals surface area contributed by atoms with Crippen molar-refractivity contribution in [1.29, 1.82) is 0 Å². The summed E-state index contributed by atoms with van der Waals surface area (Å²) in [7, 11) is 0. The maximum Gasteiger partial charge on any atom is 0.260 e. The monoisotopic (exact) mass is 316 g/mol. The Balaban J connectivity index is 1.47. The second-order valence-electron chi connectivity index (χ2n) is 6.96. The molecule has 2 aliphatic rings. The molecule has 0 aromatic heterocycles. The fraction of sp³-hybridized carbons (Fsp3) is 0.632. The van der Waals surface area contributed by atoms with E-state index in [2.05, 4.69) is 24.4 Å². The predicted octanol–water partition coefficient (Wildman–Crippen LogP) is 2.79. The van der Waals surface area contributed by atoms with E-state index in [1.165, 1.54) is 18.4 Å². The van der Waals surface area contributed by atoms with E-state index in [9.17, 15) is 4.79 Å². The second-order valence-corrected chi connectivity index (χ2v) is 6.96. The molecule has 1 unspecified atom stereocenters. The van der Waals surface area contributed by atoms with Crippen LogP contribution < -0.4 is 10.1 Å². The lowest BCUT2D eigenvalue weighted by Gasteiger charge is -2.30. The van der Waals surface area contributed by atoms with Crippen LogP contribution in [0.25, 0.3) is 0 Å². The molecule has 2 saturated heterocycles. The Morgan fingerprint density at radius 1 is 1.22 bits per heavy atom. The van der Waals surface area contributed by atoms with Crippen molar-refractivity contribution in [3.8, 4) is 5.75 Å². The topological polar surface area (TPSA) is 41.6 Å². The fourth-order valence-electron chi connectivity index (χ4n) is 3.47. The maximum atomic E-state index is 12.2. The quantitative estimate of drug-likeness (QED) is 0.929. The summed E-state index contributed by atoms with van der Waals surface area (Å²) in [6.45, 7) is 6.34. The largest absolute Gasteiger partial charge is 0.484 e. The van der Waals surface area contributed by atoms with Gasteiger partial charge in [0, 0.05) is 19.6 Å². The first-order valence-corrected chi connectivity index (χ1v) is 8.93. The van der Waals surface area contributed by atoms with Crippen molar-refractivity contribution in [1.82, 2.24) is 10.2 Å². The van der Waals surface area contributed by atoms with Gasteiger partial charge in [-0.2, -0.15) is 0 Å². The highest BCUT2D eigenvalue weighted by Gasteiger charge is 2.20. The molecule has 4 heteroatoms. The average Bonchev–Trinajstić information content (AvgIpc) is 2.61. The van der Waals surface area contributed by atoms with Crippen LogP contribution in [0.15, 0.2) is 24.3 Å². The van der Waals surface area contributed by atoms with Crippen molar-refractivity contribution in [3.63, 3.8) is 0 Å². The third-order valence-electron chi connectivity index (χ3n) is 5.15. The SMILES string of the molecule is CC1CCN(C(=O)COc2ccc(C3CCCNC3)cc2)CC1. The summed E-state index contributed by atoms with van der Waals surface area (Å²) in [5.41, 5.74) is 1.36. The Morgan fingerprint density at radius 2 is 1.96 bits per heavy atom. The van der Waals surface area contributed by atoms with Crippen LogP contribution in [0, 0.1) is 5.92 Å². The lowest BCUT2D eigenvalue weighted by Crippen LogP contribution is -2.40. The first kappa shape index (κ1) is 16.3. The third kappa shape index (κ3) is 4.47. The third-order valence-corrected chi connectivity index (χ3v) is 5.15. The Morgan fingerprint density at radius 3 is 2.61 bits per heavy atom. The van der Waals surface area contributed by atoms with E-state index in [0.717, 1.165) is 50.7 Å². The highest BCUT2D eigenvalue weighted by atomic mass is 16.5. The molecular weight excluding hydrogens is 288 g/mol.